The van der Waals surface area contributed by atoms with Gasteiger partial charge in [-0.1, -0.05) is 27.7 Å². The Morgan fingerprint density at radius 3 is 2.43 bits per heavy atom. The van der Waals surface area contributed by atoms with Crippen molar-refractivity contribution >= 4 is 21.6 Å². The molecule has 1 unspecified atom stereocenters. The van der Waals surface area contributed by atoms with Gasteiger partial charge in [-0.3, -0.25) is 4.79 Å². The van der Waals surface area contributed by atoms with Gasteiger partial charge in [0, 0.05) is 6.42 Å². The van der Waals surface area contributed by atoms with E-state index in [1.54, 1.807) is 0 Å². The molecule has 0 saturated carbocycles. The molecule has 0 radical (unpaired) electrons. The van der Waals surface area contributed by atoms with E-state index in [1.807, 2.05) is 27.7 Å². The number of primary sulfonamides is 1. The van der Waals surface area contributed by atoms with Crippen molar-refractivity contribution in [1.82, 2.24) is 0 Å². The summed E-state index contributed by atoms with van der Waals surface area (Å²) in [4.78, 5) is 11.7. The van der Waals surface area contributed by atoms with E-state index in [2.05, 4.69) is 5.32 Å². The average Bonchev–Trinajstić information content (AvgIpc) is 2.25. The van der Waals surface area contributed by atoms with Crippen molar-refractivity contribution in [2.75, 3.05) is 5.32 Å². The second-order valence-electron chi connectivity index (χ2n) is 6.20. The van der Waals surface area contributed by atoms with Gasteiger partial charge in [0.2, 0.25) is 15.9 Å². The number of carbonyl (C=O) groups is 1. The maximum atomic E-state index is 13.3. The lowest BCUT2D eigenvalue weighted by Gasteiger charge is -2.26. The number of nitrogens with two attached hydrogens (primary N) is 1. The summed E-state index contributed by atoms with van der Waals surface area (Å²) in [6.07, 6.45) is 0.198. The highest BCUT2D eigenvalue weighted by atomic mass is 32.2. The number of sulfonamides is 1. The van der Waals surface area contributed by atoms with Crippen LogP contribution in [-0.4, -0.2) is 14.3 Å². The quantitative estimate of drug-likeness (QED) is 0.894. The van der Waals surface area contributed by atoms with Gasteiger partial charge in [-0.05, 0) is 29.5 Å². The topological polar surface area (TPSA) is 89.3 Å². The first kappa shape index (κ1) is 17.6. The smallest absolute Gasteiger partial charge is 0.240 e. The molecule has 0 heterocycles. The number of rotatable bonds is 4. The molecule has 118 valence electrons. The van der Waals surface area contributed by atoms with Crippen LogP contribution < -0.4 is 10.5 Å². The molecule has 0 saturated heterocycles. The fraction of sp³-hybridized carbons (Fsp3) is 0.500. The predicted molar refractivity (Wildman–Crippen MR) is 79.6 cm³/mol. The van der Waals surface area contributed by atoms with Gasteiger partial charge in [0.15, 0.2) is 0 Å². The van der Waals surface area contributed by atoms with Crippen molar-refractivity contribution in [2.45, 2.75) is 39.0 Å². The Balaban J connectivity index is 2.98. The minimum Gasteiger partial charge on any atom is -0.325 e. The standard InChI is InChI=1S/C14H21FN2O3S/c1-9(14(2,3)4)7-13(18)17-11-8-10(15)5-6-12(11)21(16,19)20/h5-6,8-9H,7H2,1-4H3,(H,17,18)(H2,16,19,20). The minimum absolute atomic E-state index is 0.0674. The van der Waals surface area contributed by atoms with Gasteiger partial charge in [0.25, 0.3) is 0 Å². The lowest BCUT2D eigenvalue weighted by atomic mass is 9.80. The molecule has 0 aliphatic carbocycles. The van der Waals surface area contributed by atoms with Crippen LogP contribution in [0.2, 0.25) is 0 Å². The van der Waals surface area contributed by atoms with Gasteiger partial charge in [-0.2, -0.15) is 0 Å². The molecule has 7 heteroatoms. The summed E-state index contributed by atoms with van der Waals surface area (Å²) in [5.41, 5.74) is -0.203. The van der Waals surface area contributed by atoms with Gasteiger partial charge >= 0.3 is 0 Å². The van der Waals surface area contributed by atoms with Gasteiger partial charge in [-0.15, -0.1) is 0 Å². The molecule has 5 nitrogen and oxygen atoms in total. The number of benzene rings is 1. The number of nitrogens with one attached hydrogen (secondary N) is 1. The number of hydrogen-bond donors (Lipinski definition) is 2. The molecule has 0 aromatic heterocycles. The molecule has 0 fully saturated rings. The molecule has 0 aliphatic rings. The van der Waals surface area contributed by atoms with E-state index in [9.17, 15) is 17.6 Å². The van der Waals surface area contributed by atoms with Crippen LogP contribution in [0.1, 0.15) is 34.1 Å². The predicted octanol–water partition coefficient (Wildman–Crippen LogP) is 2.48. The zero-order chi connectivity index (χ0) is 16.4. The third-order valence-electron chi connectivity index (χ3n) is 3.49. The number of amides is 1. The van der Waals surface area contributed by atoms with E-state index in [4.69, 9.17) is 5.14 Å². The average molecular weight is 316 g/mol. The lowest BCUT2D eigenvalue weighted by molar-refractivity contribution is -0.117. The van der Waals surface area contributed by atoms with Gasteiger partial charge < -0.3 is 5.32 Å². The Hall–Kier alpha value is -1.47. The summed E-state index contributed by atoms with van der Waals surface area (Å²) >= 11 is 0. The minimum atomic E-state index is -4.03. The highest BCUT2D eigenvalue weighted by Crippen LogP contribution is 2.29. The summed E-state index contributed by atoms with van der Waals surface area (Å²) in [7, 11) is -4.03. The van der Waals surface area contributed by atoms with E-state index < -0.39 is 15.8 Å². The second kappa shape index (κ2) is 6.11. The molecule has 1 aromatic rings. The maximum Gasteiger partial charge on any atom is 0.240 e. The van der Waals surface area contributed by atoms with Crippen LogP contribution in [0.3, 0.4) is 0 Å². The summed E-state index contributed by atoms with van der Waals surface area (Å²) in [6.45, 7) is 7.93. The molecule has 1 aromatic carbocycles. The van der Waals surface area contributed by atoms with Crippen molar-refractivity contribution in [2.24, 2.45) is 16.5 Å². The van der Waals surface area contributed by atoms with E-state index in [-0.39, 0.29) is 34.2 Å². The third-order valence-corrected chi connectivity index (χ3v) is 4.46. The van der Waals surface area contributed by atoms with Gasteiger partial charge in [-0.25, -0.2) is 17.9 Å². The van der Waals surface area contributed by atoms with Crippen LogP contribution in [0.25, 0.3) is 0 Å². The molecule has 1 rings (SSSR count). The Labute approximate surface area is 124 Å². The summed E-state index contributed by atoms with van der Waals surface area (Å²) in [5.74, 6) is -0.960. The molecular formula is C14H21FN2O3S. The molecule has 0 bridgehead atoms. The zero-order valence-corrected chi connectivity index (χ0v) is 13.4. The molecular weight excluding hydrogens is 295 g/mol. The largest absolute Gasteiger partial charge is 0.325 e. The summed E-state index contributed by atoms with van der Waals surface area (Å²) in [5, 5.41) is 7.48. The molecule has 0 aliphatic heterocycles. The first-order valence-electron chi connectivity index (χ1n) is 6.53. The van der Waals surface area contributed by atoms with Gasteiger partial charge in [0.05, 0.1) is 5.69 Å². The van der Waals surface area contributed by atoms with Crippen molar-refractivity contribution in [3.63, 3.8) is 0 Å². The molecule has 21 heavy (non-hydrogen) atoms. The molecule has 3 N–H and O–H groups in total. The Kier molecular flexibility index (Phi) is 5.11. The van der Waals surface area contributed by atoms with E-state index >= 15 is 0 Å². The maximum absolute atomic E-state index is 13.3. The molecule has 0 spiro atoms. The van der Waals surface area contributed by atoms with E-state index in [0.29, 0.717) is 0 Å². The Morgan fingerprint density at radius 2 is 1.95 bits per heavy atom. The fourth-order valence-corrected chi connectivity index (χ4v) is 2.31. The van der Waals surface area contributed by atoms with Crippen LogP contribution in [0.4, 0.5) is 10.1 Å². The van der Waals surface area contributed by atoms with Crippen molar-refractivity contribution in [3.05, 3.63) is 24.0 Å². The lowest BCUT2D eigenvalue weighted by Crippen LogP contribution is -2.25. The fourth-order valence-electron chi connectivity index (χ4n) is 1.63. The Bertz CT molecular complexity index is 636. The Morgan fingerprint density at radius 1 is 1.38 bits per heavy atom. The SMILES string of the molecule is CC(CC(=O)Nc1cc(F)ccc1S(N)(=O)=O)C(C)(C)C. The van der Waals surface area contributed by atoms with Crippen LogP contribution >= 0.6 is 0 Å². The monoisotopic (exact) mass is 316 g/mol. The normalized spacial score (nSPS) is 13.8. The summed E-state index contributed by atoms with van der Waals surface area (Å²) < 4.78 is 36.1. The van der Waals surface area contributed by atoms with Crippen LogP contribution in [-0.2, 0) is 14.8 Å². The first-order valence-corrected chi connectivity index (χ1v) is 8.08. The highest BCUT2D eigenvalue weighted by molar-refractivity contribution is 7.89. The van der Waals surface area contributed by atoms with Crippen LogP contribution in [0.5, 0.6) is 0 Å². The van der Waals surface area contributed by atoms with Crippen molar-refractivity contribution in [1.29, 1.82) is 0 Å². The summed E-state index contributed by atoms with van der Waals surface area (Å²) in [6, 6.07) is 2.96. The van der Waals surface area contributed by atoms with Crippen LogP contribution in [0, 0.1) is 17.2 Å². The number of halogens is 1. The zero-order valence-electron chi connectivity index (χ0n) is 12.6. The van der Waals surface area contributed by atoms with Gasteiger partial charge in [0.1, 0.15) is 10.7 Å². The van der Waals surface area contributed by atoms with Crippen molar-refractivity contribution in [3.8, 4) is 0 Å². The number of anilines is 1. The highest BCUT2D eigenvalue weighted by Gasteiger charge is 2.24. The number of hydrogen-bond acceptors (Lipinski definition) is 3. The number of carbonyl (C=O) groups excluding carboxylic acids is 1. The van der Waals surface area contributed by atoms with Crippen LogP contribution in [0.15, 0.2) is 23.1 Å². The first-order chi connectivity index (χ1) is 9.41. The second-order valence-corrected chi connectivity index (χ2v) is 7.73. The molecule has 1 amide bonds. The van der Waals surface area contributed by atoms with E-state index in [1.165, 1.54) is 0 Å². The third kappa shape index (κ3) is 5.09. The van der Waals surface area contributed by atoms with E-state index in [0.717, 1.165) is 18.2 Å². The van der Waals surface area contributed by atoms with Crippen molar-refractivity contribution < 1.29 is 17.6 Å². The molecule has 1 atom stereocenters.